The Morgan fingerprint density at radius 2 is 1.73 bits per heavy atom. The average Bonchev–Trinajstić information content (AvgIpc) is 3.05. The highest BCUT2D eigenvalue weighted by atomic mass is 32.2. The van der Waals surface area contributed by atoms with E-state index in [9.17, 15) is 36.5 Å². The number of aliphatic hydroxyl groups is 1. The quantitative estimate of drug-likeness (QED) is 0.0832. The summed E-state index contributed by atoms with van der Waals surface area (Å²) >= 11 is 0. The van der Waals surface area contributed by atoms with E-state index in [-0.39, 0.29) is 24.9 Å². The SMILES string of the molecule is CCOC(=O)N=S(C)(=O)c1ccc(Nc2ncc(-c3ccc(NC=O)cc3)c(N[C@H](C)CO)n2)cc1.CNc1cc(C(F)(F)F)ccc1F. The smallest absolute Gasteiger partial charge is 0.442 e. The second kappa shape index (κ2) is 17.2. The van der Waals surface area contributed by atoms with Gasteiger partial charge in [0.05, 0.1) is 34.2 Å². The zero-order chi connectivity index (χ0) is 36.2. The lowest BCUT2D eigenvalue weighted by atomic mass is 10.1. The van der Waals surface area contributed by atoms with E-state index in [0.29, 0.717) is 46.1 Å². The number of rotatable bonds is 11. The molecule has 0 saturated carbocycles. The van der Waals surface area contributed by atoms with Gasteiger partial charge in [-0.05, 0) is 74.0 Å². The Labute approximate surface area is 280 Å². The van der Waals surface area contributed by atoms with Crippen LogP contribution in [0, 0.1) is 5.82 Å². The molecule has 262 valence electrons. The van der Waals surface area contributed by atoms with Gasteiger partial charge in [-0.25, -0.2) is 18.4 Å². The van der Waals surface area contributed by atoms with E-state index in [2.05, 4.69) is 35.6 Å². The Balaban J connectivity index is 0.000000419. The van der Waals surface area contributed by atoms with Crippen LogP contribution in [0.3, 0.4) is 0 Å². The van der Waals surface area contributed by atoms with Crippen molar-refractivity contribution in [1.29, 1.82) is 0 Å². The van der Waals surface area contributed by atoms with Crippen molar-refractivity contribution in [3.05, 3.63) is 84.3 Å². The fourth-order valence-corrected chi connectivity index (χ4v) is 5.10. The highest BCUT2D eigenvalue weighted by molar-refractivity contribution is 7.93. The van der Waals surface area contributed by atoms with E-state index in [0.717, 1.165) is 17.7 Å². The molecule has 0 fully saturated rings. The minimum absolute atomic E-state index is 0.0942. The second-order valence-electron chi connectivity index (χ2n) is 10.2. The van der Waals surface area contributed by atoms with E-state index in [1.165, 1.54) is 13.3 Å². The number of ether oxygens (including phenoxy) is 1. The summed E-state index contributed by atoms with van der Waals surface area (Å²) in [6, 6.07) is 15.7. The highest BCUT2D eigenvalue weighted by Crippen LogP contribution is 2.32. The van der Waals surface area contributed by atoms with Gasteiger partial charge >= 0.3 is 12.3 Å². The third kappa shape index (κ3) is 11.1. The molecule has 3 aromatic carbocycles. The van der Waals surface area contributed by atoms with Crippen molar-refractivity contribution in [2.75, 3.05) is 47.8 Å². The number of anilines is 5. The number of hydrogen-bond acceptors (Lipinski definition) is 10. The molecule has 0 aliphatic carbocycles. The number of alkyl halides is 3. The molecule has 1 unspecified atom stereocenters. The topological polar surface area (TPSA) is 167 Å². The fourth-order valence-electron chi connectivity index (χ4n) is 4.01. The van der Waals surface area contributed by atoms with Crippen LogP contribution >= 0.6 is 0 Å². The summed E-state index contributed by atoms with van der Waals surface area (Å²) in [4.78, 5) is 31.6. The Morgan fingerprint density at radius 1 is 1.08 bits per heavy atom. The largest absolute Gasteiger partial charge is 0.448 e. The Morgan fingerprint density at radius 3 is 2.31 bits per heavy atom. The maximum atomic E-state index is 12.8. The van der Waals surface area contributed by atoms with Crippen LogP contribution in [0.1, 0.15) is 19.4 Å². The summed E-state index contributed by atoms with van der Waals surface area (Å²) in [6.07, 6.45) is -1.67. The minimum Gasteiger partial charge on any atom is -0.448 e. The number of benzene rings is 3. The summed E-state index contributed by atoms with van der Waals surface area (Å²) in [5.41, 5.74) is 1.79. The van der Waals surface area contributed by atoms with E-state index in [1.807, 2.05) is 19.1 Å². The Bertz CT molecular complexity index is 1850. The number of halogens is 4. The lowest BCUT2D eigenvalue weighted by Crippen LogP contribution is -2.21. The molecular formula is C32H35F4N7O5S. The van der Waals surface area contributed by atoms with Crippen molar-refractivity contribution in [1.82, 2.24) is 9.97 Å². The average molecular weight is 706 g/mol. The van der Waals surface area contributed by atoms with Crippen molar-refractivity contribution in [3.8, 4) is 11.1 Å². The Kier molecular flexibility index (Phi) is 13.4. The van der Waals surface area contributed by atoms with Crippen LogP contribution in [0.4, 0.5) is 51.2 Å². The Hall–Kier alpha value is -5.29. The molecule has 17 heteroatoms. The number of nitrogens with zero attached hydrogens (tertiary/aromatic N) is 3. The first kappa shape index (κ1) is 38.2. The summed E-state index contributed by atoms with van der Waals surface area (Å²) < 4.78 is 70.2. The van der Waals surface area contributed by atoms with Crippen molar-refractivity contribution in [2.45, 2.75) is 31.0 Å². The molecule has 12 nitrogen and oxygen atoms in total. The van der Waals surface area contributed by atoms with Crippen LogP contribution in [0.25, 0.3) is 11.1 Å². The molecule has 0 spiro atoms. The summed E-state index contributed by atoms with van der Waals surface area (Å²) in [5, 5.41) is 20.7. The van der Waals surface area contributed by atoms with Gasteiger partial charge in [-0.15, -0.1) is 4.36 Å². The summed E-state index contributed by atoms with van der Waals surface area (Å²) in [6.45, 7) is 3.52. The van der Waals surface area contributed by atoms with E-state index in [1.54, 1.807) is 49.5 Å². The van der Waals surface area contributed by atoms with Crippen molar-refractivity contribution in [2.24, 2.45) is 4.36 Å². The highest BCUT2D eigenvalue weighted by Gasteiger charge is 2.31. The molecule has 5 N–H and O–H groups in total. The number of aromatic nitrogens is 2. The van der Waals surface area contributed by atoms with Crippen molar-refractivity contribution in [3.63, 3.8) is 0 Å². The zero-order valence-electron chi connectivity index (χ0n) is 26.8. The van der Waals surface area contributed by atoms with Gasteiger partial charge in [0.1, 0.15) is 11.6 Å². The normalized spacial score (nSPS) is 12.7. The standard InChI is InChI=1S/C24H28N6O5S.C8H7F4N/c1-4-35-24(33)30-36(3,34)20-11-9-19(10-12-20)28-23-25-13-21(22(29-23)27-16(2)14-31)17-5-7-18(8-6-17)26-15-32;1-13-7-4-5(8(10,11)12)2-3-6(7)9/h5-13,15-16,31H,4,14H2,1-3H3,(H,26,32)(H2,25,27,28,29);2-4,13H,1H3/t16-,36?;/m1./s1. The number of carbonyl (C=O) groups excluding carboxylic acids is 2. The predicted octanol–water partition coefficient (Wildman–Crippen LogP) is 6.75. The van der Waals surface area contributed by atoms with Crippen LogP contribution in [0.2, 0.25) is 0 Å². The molecular weight excluding hydrogens is 670 g/mol. The first-order chi connectivity index (χ1) is 23.2. The van der Waals surface area contributed by atoms with Crippen LogP contribution in [0.15, 0.2) is 82.2 Å². The van der Waals surface area contributed by atoms with Gasteiger partial charge in [0.25, 0.3) is 0 Å². The number of nitrogens with one attached hydrogen (secondary N) is 4. The number of carbonyl (C=O) groups is 2. The van der Waals surface area contributed by atoms with Gasteiger partial charge < -0.3 is 31.1 Å². The maximum absolute atomic E-state index is 12.8. The van der Waals surface area contributed by atoms with Gasteiger partial charge in [0, 0.05) is 47.4 Å². The van der Waals surface area contributed by atoms with Crippen LogP contribution in [-0.2, 0) is 25.4 Å². The van der Waals surface area contributed by atoms with Crippen LogP contribution in [0.5, 0.6) is 0 Å². The van der Waals surface area contributed by atoms with Gasteiger partial charge in [0.15, 0.2) is 0 Å². The van der Waals surface area contributed by atoms with Crippen molar-refractivity contribution < 1.29 is 41.2 Å². The fraction of sp³-hybridized carbons (Fsp3) is 0.250. The van der Waals surface area contributed by atoms with Crippen LogP contribution < -0.4 is 21.3 Å². The van der Waals surface area contributed by atoms with Crippen LogP contribution in [-0.4, -0.2) is 64.3 Å². The number of amides is 2. The molecule has 4 rings (SSSR count). The van der Waals surface area contributed by atoms with Gasteiger partial charge in [-0.3, -0.25) is 4.79 Å². The first-order valence-electron chi connectivity index (χ1n) is 14.6. The van der Waals surface area contributed by atoms with E-state index in [4.69, 9.17) is 4.74 Å². The third-order valence-electron chi connectivity index (χ3n) is 6.49. The molecule has 49 heavy (non-hydrogen) atoms. The summed E-state index contributed by atoms with van der Waals surface area (Å²) in [5.74, 6) is 0.105. The molecule has 1 heterocycles. The maximum Gasteiger partial charge on any atom is 0.442 e. The predicted molar refractivity (Wildman–Crippen MR) is 180 cm³/mol. The minimum atomic E-state index is -4.43. The molecule has 4 aromatic rings. The molecule has 2 amide bonds. The van der Waals surface area contributed by atoms with Gasteiger partial charge in [-0.2, -0.15) is 18.2 Å². The van der Waals surface area contributed by atoms with E-state index >= 15 is 0 Å². The third-order valence-corrected chi connectivity index (χ3v) is 8.14. The molecule has 2 atom stereocenters. The number of hydrogen-bond donors (Lipinski definition) is 5. The lowest BCUT2D eigenvalue weighted by molar-refractivity contribution is -0.137. The van der Waals surface area contributed by atoms with Crippen molar-refractivity contribution >= 4 is 51.1 Å². The zero-order valence-corrected chi connectivity index (χ0v) is 27.7. The van der Waals surface area contributed by atoms with Gasteiger partial charge in [-0.1, -0.05) is 12.1 Å². The number of aliphatic hydroxyl groups excluding tert-OH is 1. The molecule has 0 aliphatic heterocycles. The van der Waals surface area contributed by atoms with Gasteiger partial charge in [0.2, 0.25) is 12.4 Å². The molecule has 0 radical (unpaired) electrons. The molecule has 0 aliphatic rings. The summed E-state index contributed by atoms with van der Waals surface area (Å²) in [7, 11) is -1.59. The lowest BCUT2D eigenvalue weighted by Gasteiger charge is -2.17. The first-order valence-corrected chi connectivity index (χ1v) is 16.5. The monoisotopic (exact) mass is 705 g/mol. The molecule has 0 saturated heterocycles. The molecule has 0 bridgehead atoms. The van der Waals surface area contributed by atoms with E-state index < -0.39 is 33.4 Å². The second-order valence-corrected chi connectivity index (χ2v) is 12.5. The molecule has 1 aromatic heterocycles.